The van der Waals surface area contributed by atoms with Crippen LogP contribution >= 0.6 is 0 Å². The highest BCUT2D eigenvalue weighted by Crippen LogP contribution is 2.44. The maximum atomic E-state index is 13.8. The van der Waals surface area contributed by atoms with Crippen LogP contribution in [-0.4, -0.2) is 26.2 Å². The van der Waals surface area contributed by atoms with E-state index >= 15 is 0 Å². The summed E-state index contributed by atoms with van der Waals surface area (Å²) in [4.78, 5) is 30.8. The molecular weight excluding hydrogens is 418 g/mol. The zero-order valence-corrected chi connectivity index (χ0v) is 16.8. The molecule has 5 rings (SSSR count). The third kappa shape index (κ3) is 2.97. The van der Waals surface area contributed by atoms with E-state index < -0.39 is 28.7 Å². The minimum atomic E-state index is -1.92. The van der Waals surface area contributed by atoms with Gasteiger partial charge in [-0.15, -0.1) is 0 Å². The molecule has 2 aromatic carbocycles. The maximum absolute atomic E-state index is 13.8. The molecule has 1 unspecified atom stereocenters. The third-order valence-corrected chi connectivity index (χ3v) is 5.61. The van der Waals surface area contributed by atoms with Crippen molar-refractivity contribution in [2.24, 2.45) is 0 Å². The summed E-state index contributed by atoms with van der Waals surface area (Å²) >= 11 is 0. The number of nitrogens with zero attached hydrogens (tertiary/aromatic N) is 3. The number of aliphatic hydroxyl groups is 1. The summed E-state index contributed by atoms with van der Waals surface area (Å²) < 4.78 is 27.5. The van der Waals surface area contributed by atoms with E-state index in [1.807, 2.05) is 0 Å². The van der Waals surface area contributed by atoms with Gasteiger partial charge in [0.15, 0.2) is 5.60 Å². The molecule has 1 atom stereocenters. The number of amides is 1. The number of anilines is 2. The average molecular weight is 434 g/mol. The molecule has 0 saturated carbocycles. The first kappa shape index (κ1) is 20.0. The Labute approximate surface area is 180 Å². The van der Waals surface area contributed by atoms with Crippen LogP contribution in [0.15, 0.2) is 59.5 Å². The highest BCUT2D eigenvalue weighted by molar-refractivity contribution is 6.11. The molecule has 3 heterocycles. The lowest BCUT2D eigenvalue weighted by Crippen LogP contribution is -2.36. The first-order valence-corrected chi connectivity index (χ1v) is 9.75. The predicted octanol–water partition coefficient (Wildman–Crippen LogP) is 3.07. The molecule has 0 fully saturated rings. The van der Waals surface area contributed by atoms with Crippen molar-refractivity contribution in [2.75, 3.05) is 4.90 Å². The highest BCUT2D eigenvalue weighted by atomic mass is 19.1. The van der Waals surface area contributed by atoms with Crippen LogP contribution in [0.3, 0.4) is 0 Å². The Morgan fingerprint density at radius 2 is 1.81 bits per heavy atom. The van der Waals surface area contributed by atoms with Gasteiger partial charge in [-0.1, -0.05) is 6.07 Å². The predicted molar refractivity (Wildman–Crippen MR) is 112 cm³/mol. The molecule has 0 spiro atoms. The van der Waals surface area contributed by atoms with Gasteiger partial charge in [-0.05, 0) is 49.4 Å². The molecule has 9 heteroatoms. The largest absolute Gasteiger partial charge is 0.375 e. The Bertz CT molecular complexity index is 1470. The Morgan fingerprint density at radius 1 is 1.06 bits per heavy atom. The maximum Gasteiger partial charge on any atom is 0.272 e. The number of fused-ring (bicyclic) bond motifs is 2. The zero-order valence-electron chi connectivity index (χ0n) is 16.8. The number of aromatic nitrogens is 3. The number of aromatic amines is 1. The van der Waals surface area contributed by atoms with Gasteiger partial charge in [0.1, 0.15) is 17.5 Å². The highest BCUT2D eigenvalue weighted by Gasteiger charge is 2.48. The Kier molecular flexibility index (Phi) is 4.38. The molecule has 1 aliphatic rings. The van der Waals surface area contributed by atoms with Crippen LogP contribution in [0, 0.1) is 11.6 Å². The van der Waals surface area contributed by atoms with Crippen LogP contribution in [0.5, 0.6) is 0 Å². The first-order chi connectivity index (χ1) is 15.3. The van der Waals surface area contributed by atoms with Crippen molar-refractivity contribution in [3.63, 3.8) is 0 Å². The Balaban J connectivity index is 1.65. The van der Waals surface area contributed by atoms with Gasteiger partial charge in [-0.2, -0.15) is 5.10 Å². The second kappa shape index (κ2) is 7.03. The van der Waals surface area contributed by atoms with E-state index in [9.17, 15) is 23.5 Å². The number of hydrogen-bond acceptors (Lipinski definition) is 5. The van der Waals surface area contributed by atoms with E-state index in [4.69, 9.17) is 0 Å². The van der Waals surface area contributed by atoms with Crippen LogP contribution < -0.4 is 10.5 Å². The van der Waals surface area contributed by atoms with E-state index in [2.05, 4.69) is 15.2 Å². The molecule has 1 amide bonds. The van der Waals surface area contributed by atoms with Gasteiger partial charge >= 0.3 is 0 Å². The summed E-state index contributed by atoms with van der Waals surface area (Å²) in [6, 6.07) is 11.0. The van der Waals surface area contributed by atoms with Gasteiger partial charge in [0.25, 0.3) is 11.5 Å². The van der Waals surface area contributed by atoms with Gasteiger partial charge in [-0.3, -0.25) is 14.5 Å². The fourth-order valence-electron chi connectivity index (χ4n) is 4.03. The first-order valence-electron chi connectivity index (χ1n) is 9.75. The molecular formula is C23H16F2N4O3. The lowest BCUT2D eigenvalue weighted by Gasteiger charge is -2.21. The number of carbonyl (C=O) groups excluding carboxylic acids is 1. The quantitative estimate of drug-likeness (QED) is 0.516. The van der Waals surface area contributed by atoms with Gasteiger partial charge in [0, 0.05) is 29.1 Å². The van der Waals surface area contributed by atoms with Crippen LogP contribution in [0.2, 0.25) is 0 Å². The molecule has 0 aliphatic carbocycles. The van der Waals surface area contributed by atoms with Crippen molar-refractivity contribution in [1.29, 1.82) is 0 Å². The minimum Gasteiger partial charge on any atom is -0.375 e. The summed E-state index contributed by atoms with van der Waals surface area (Å²) in [5.41, 5.74) is -0.959. The van der Waals surface area contributed by atoms with Crippen molar-refractivity contribution < 1.29 is 18.7 Å². The van der Waals surface area contributed by atoms with Gasteiger partial charge in [0.05, 0.1) is 16.8 Å². The molecule has 0 radical (unpaired) electrons. The molecule has 2 N–H and O–H groups in total. The molecule has 1 aliphatic heterocycles. The summed E-state index contributed by atoms with van der Waals surface area (Å²) in [5, 5.41) is 17.9. The number of H-pyrrole nitrogens is 1. The standard InChI is InChI=1S/C23H16F2N4O3/c1-23(32)17-11-14(25)5-7-19(17)29(22(23)31)20-12(3-2-8-26-20)9-18-15-6-4-13(24)10-16(15)21(30)28-27-18/h2-8,10-11,32H,9H2,1H3,(H,28,30). The van der Waals surface area contributed by atoms with Crippen molar-refractivity contribution in [2.45, 2.75) is 18.9 Å². The summed E-state index contributed by atoms with van der Waals surface area (Å²) in [5.74, 6) is -1.54. The lowest BCUT2D eigenvalue weighted by molar-refractivity contribution is -0.133. The van der Waals surface area contributed by atoms with Crippen molar-refractivity contribution in [3.8, 4) is 0 Å². The second-order valence-corrected chi connectivity index (χ2v) is 7.73. The van der Waals surface area contributed by atoms with Crippen molar-refractivity contribution in [1.82, 2.24) is 15.2 Å². The number of hydrogen-bond donors (Lipinski definition) is 2. The number of halogens is 2. The second-order valence-electron chi connectivity index (χ2n) is 7.73. The summed E-state index contributed by atoms with van der Waals surface area (Å²) in [6.07, 6.45) is 1.65. The van der Waals surface area contributed by atoms with Crippen LogP contribution in [0.1, 0.15) is 23.7 Å². The minimum absolute atomic E-state index is 0.141. The lowest BCUT2D eigenvalue weighted by atomic mass is 9.98. The van der Waals surface area contributed by atoms with Crippen LogP contribution in [0.25, 0.3) is 10.8 Å². The number of rotatable bonds is 3. The van der Waals surface area contributed by atoms with Crippen LogP contribution in [-0.2, 0) is 16.8 Å². The number of carbonyl (C=O) groups is 1. The van der Waals surface area contributed by atoms with Gasteiger partial charge < -0.3 is 5.11 Å². The Morgan fingerprint density at radius 3 is 2.62 bits per heavy atom. The van der Waals surface area contributed by atoms with E-state index in [0.717, 1.165) is 12.1 Å². The monoisotopic (exact) mass is 434 g/mol. The van der Waals surface area contributed by atoms with Gasteiger partial charge in [0.2, 0.25) is 0 Å². The molecule has 32 heavy (non-hydrogen) atoms. The van der Waals surface area contributed by atoms with Crippen molar-refractivity contribution >= 4 is 28.2 Å². The molecule has 160 valence electrons. The molecule has 7 nitrogen and oxygen atoms in total. The number of pyridine rings is 1. The number of benzene rings is 2. The molecule has 4 aromatic rings. The van der Waals surface area contributed by atoms with Crippen molar-refractivity contribution in [3.05, 3.63) is 93.5 Å². The zero-order chi connectivity index (χ0) is 22.6. The fourth-order valence-corrected chi connectivity index (χ4v) is 4.03. The molecule has 0 bridgehead atoms. The third-order valence-electron chi connectivity index (χ3n) is 5.61. The average Bonchev–Trinajstić information content (AvgIpc) is 2.96. The van der Waals surface area contributed by atoms with Gasteiger partial charge in [-0.25, -0.2) is 18.9 Å². The van der Waals surface area contributed by atoms with E-state index in [0.29, 0.717) is 22.3 Å². The van der Waals surface area contributed by atoms with E-state index in [-0.39, 0.29) is 23.2 Å². The van der Waals surface area contributed by atoms with Crippen LogP contribution in [0.4, 0.5) is 20.3 Å². The smallest absolute Gasteiger partial charge is 0.272 e. The topological polar surface area (TPSA) is 99.2 Å². The van der Waals surface area contributed by atoms with E-state index in [1.54, 1.807) is 12.1 Å². The SMILES string of the molecule is CC1(O)C(=O)N(c2ncccc2Cc2n[nH]c(=O)c3cc(F)ccc23)c2ccc(F)cc21. The normalized spacial score (nSPS) is 17.8. The molecule has 2 aromatic heterocycles. The number of nitrogens with one attached hydrogen (secondary N) is 1. The summed E-state index contributed by atoms with van der Waals surface area (Å²) in [7, 11) is 0. The molecule has 0 saturated heterocycles. The van der Waals surface area contributed by atoms with E-state index in [1.165, 1.54) is 42.3 Å². The summed E-state index contributed by atoms with van der Waals surface area (Å²) in [6.45, 7) is 1.31. The fraction of sp³-hybridized carbons (Fsp3) is 0.130. The Hall–Kier alpha value is -3.98.